The molecule has 7 heteroatoms. The second kappa shape index (κ2) is 6.93. The number of nitrogens with zero attached hydrogens (tertiary/aromatic N) is 5. The van der Waals surface area contributed by atoms with Crippen molar-refractivity contribution in [3.8, 4) is 0 Å². The van der Waals surface area contributed by atoms with E-state index in [4.69, 9.17) is 0 Å². The predicted molar refractivity (Wildman–Crippen MR) is 92.3 cm³/mol. The lowest BCUT2D eigenvalue weighted by molar-refractivity contribution is -0.133. The molecule has 4 rings (SSSR count). The van der Waals surface area contributed by atoms with Crippen molar-refractivity contribution in [2.24, 2.45) is 0 Å². The van der Waals surface area contributed by atoms with E-state index in [2.05, 4.69) is 27.7 Å². The van der Waals surface area contributed by atoms with E-state index in [1.54, 1.807) is 11.8 Å². The molecular weight excluding hydrogens is 322 g/mol. The first-order chi connectivity index (χ1) is 11.8. The molecule has 0 radical (unpaired) electrons. The van der Waals surface area contributed by atoms with E-state index in [9.17, 15) is 4.79 Å². The third kappa shape index (κ3) is 3.45. The number of carbonyl (C=O) groups excluding carboxylic acids is 1. The number of hydrogen-bond donors (Lipinski definition) is 0. The van der Waals surface area contributed by atoms with Gasteiger partial charge in [0.1, 0.15) is 0 Å². The minimum atomic E-state index is 0.0202. The number of likely N-dealkylation sites (tertiary alicyclic amines) is 1. The fraction of sp³-hybridized carbons (Fsp3) is 0.529. The van der Waals surface area contributed by atoms with Crippen molar-refractivity contribution >= 4 is 17.7 Å². The van der Waals surface area contributed by atoms with Crippen molar-refractivity contribution in [1.82, 2.24) is 25.1 Å². The van der Waals surface area contributed by atoms with Gasteiger partial charge in [-0.2, -0.15) is 0 Å². The summed E-state index contributed by atoms with van der Waals surface area (Å²) in [6.45, 7) is 1.56. The van der Waals surface area contributed by atoms with Crippen LogP contribution in [-0.2, 0) is 17.1 Å². The zero-order chi connectivity index (χ0) is 16.4. The van der Waals surface area contributed by atoms with Crippen LogP contribution in [0.3, 0.4) is 0 Å². The molecule has 1 saturated carbocycles. The maximum absolute atomic E-state index is 12.8. The quantitative estimate of drug-likeness (QED) is 0.806. The molecular formula is C17H21N5OS. The highest BCUT2D eigenvalue weighted by Gasteiger charge is 2.31. The number of benzene rings is 1. The molecule has 24 heavy (non-hydrogen) atoms. The van der Waals surface area contributed by atoms with E-state index in [1.807, 2.05) is 27.8 Å². The second-order valence-corrected chi connectivity index (χ2v) is 7.65. The average Bonchev–Trinajstić information content (AvgIpc) is 3.35. The maximum Gasteiger partial charge on any atom is 0.236 e. The first-order valence-electron chi connectivity index (χ1n) is 8.52. The summed E-state index contributed by atoms with van der Waals surface area (Å²) in [4.78, 5) is 14.8. The summed E-state index contributed by atoms with van der Waals surface area (Å²) in [5.41, 5.74) is 1.19. The highest BCUT2D eigenvalue weighted by Crippen LogP contribution is 2.35. The molecule has 1 saturated heterocycles. The molecule has 6 nitrogen and oxygen atoms in total. The van der Waals surface area contributed by atoms with Gasteiger partial charge in [0.05, 0.1) is 17.0 Å². The number of aromatic nitrogens is 4. The molecule has 1 aromatic carbocycles. The Balaban J connectivity index is 1.36. The van der Waals surface area contributed by atoms with Gasteiger partial charge in [-0.3, -0.25) is 4.79 Å². The van der Waals surface area contributed by atoms with Crippen LogP contribution in [0.5, 0.6) is 0 Å². The number of hydrogen-bond acceptors (Lipinski definition) is 5. The highest BCUT2D eigenvalue weighted by atomic mass is 32.2. The Labute approximate surface area is 145 Å². The van der Waals surface area contributed by atoms with Crippen LogP contribution in [0.4, 0.5) is 0 Å². The van der Waals surface area contributed by atoms with Crippen molar-refractivity contribution in [3.05, 3.63) is 41.7 Å². The number of amides is 1. The molecule has 1 amide bonds. The van der Waals surface area contributed by atoms with Gasteiger partial charge in [0.2, 0.25) is 5.91 Å². The minimum absolute atomic E-state index is 0.0202. The summed E-state index contributed by atoms with van der Waals surface area (Å²) >= 11 is 1.68. The van der Waals surface area contributed by atoms with Gasteiger partial charge >= 0.3 is 0 Å². The average molecular weight is 343 g/mol. The molecule has 0 unspecified atom stereocenters. The smallest absolute Gasteiger partial charge is 0.236 e. The molecule has 0 bridgehead atoms. The fourth-order valence-electron chi connectivity index (χ4n) is 3.11. The van der Waals surface area contributed by atoms with E-state index in [-0.39, 0.29) is 11.2 Å². The summed E-state index contributed by atoms with van der Waals surface area (Å²) in [5.74, 6) is 1.86. The lowest BCUT2D eigenvalue weighted by atomic mass is 10.1. The predicted octanol–water partition coefficient (Wildman–Crippen LogP) is 2.43. The second-order valence-electron chi connectivity index (χ2n) is 6.46. The van der Waals surface area contributed by atoms with Crippen LogP contribution in [0.1, 0.15) is 43.1 Å². The van der Waals surface area contributed by atoms with Gasteiger partial charge in [-0.15, -0.1) is 16.9 Å². The Morgan fingerprint density at radius 2 is 2.00 bits per heavy atom. The summed E-state index contributed by atoms with van der Waals surface area (Å²) in [6, 6.07) is 10.7. The monoisotopic (exact) mass is 343 g/mol. The third-order valence-electron chi connectivity index (χ3n) is 4.57. The van der Waals surface area contributed by atoms with Crippen molar-refractivity contribution < 1.29 is 4.79 Å². The van der Waals surface area contributed by atoms with Crippen LogP contribution >= 0.6 is 11.8 Å². The molecule has 1 aromatic heterocycles. The minimum Gasteiger partial charge on any atom is -0.337 e. The SMILES string of the molecule is O=C1[C@H](SCc2nnnn2C2CC2)CCCN1Cc1ccccc1. The zero-order valence-corrected chi connectivity index (χ0v) is 14.4. The lowest BCUT2D eigenvalue weighted by Crippen LogP contribution is -2.42. The Bertz CT molecular complexity index is 700. The fourth-order valence-corrected chi connectivity index (χ4v) is 4.27. The molecule has 0 spiro atoms. The Kier molecular flexibility index (Phi) is 4.51. The summed E-state index contributed by atoms with van der Waals surface area (Å²) in [7, 11) is 0. The van der Waals surface area contributed by atoms with Crippen LogP contribution in [0, 0.1) is 0 Å². The number of thioether (sulfide) groups is 1. The van der Waals surface area contributed by atoms with Gasteiger partial charge in [-0.25, -0.2) is 4.68 Å². The number of tetrazole rings is 1. The van der Waals surface area contributed by atoms with Crippen LogP contribution in [0.25, 0.3) is 0 Å². The molecule has 1 atom stereocenters. The van der Waals surface area contributed by atoms with E-state index < -0.39 is 0 Å². The van der Waals surface area contributed by atoms with Crippen LogP contribution < -0.4 is 0 Å². The molecule has 2 aromatic rings. The standard InChI is InChI=1S/C17H21N5OS/c23-17-15(24-12-16-18-19-20-22(16)14-8-9-14)7-4-10-21(17)11-13-5-2-1-3-6-13/h1-3,5-6,14-15H,4,7-12H2/t15-/m1/s1. The summed E-state index contributed by atoms with van der Waals surface area (Å²) < 4.78 is 1.93. The van der Waals surface area contributed by atoms with Gasteiger partial charge in [0.15, 0.2) is 5.82 Å². The first kappa shape index (κ1) is 15.6. The van der Waals surface area contributed by atoms with E-state index in [0.717, 1.165) is 38.1 Å². The van der Waals surface area contributed by atoms with Crippen molar-refractivity contribution in [3.63, 3.8) is 0 Å². The Morgan fingerprint density at radius 3 is 2.79 bits per heavy atom. The normalized spacial score (nSPS) is 21.2. The van der Waals surface area contributed by atoms with E-state index in [0.29, 0.717) is 18.3 Å². The molecule has 126 valence electrons. The summed E-state index contributed by atoms with van der Waals surface area (Å²) in [6.07, 6.45) is 4.33. The van der Waals surface area contributed by atoms with E-state index >= 15 is 0 Å². The van der Waals surface area contributed by atoms with Crippen molar-refractivity contribution in [2.45, 2.75) is 49.3 Å². The van der Waals surface area contributed by atoms with Gasteiger partial charge in [-0.05, 0) is 41.7 Å². The Morgan fingerprint density at radius 1 is 1.17 bits per heavy atom. The van der Waals surface area contributed by atoms with Gasteiger partial charge in [0, 0.05) is 13.1 Å². The van der Waals surface area contributed by atoms with E-state index in [1.165, 1.54) is 5.56 Å². The lowest BCUT2D eigenvalue weighted by Gasteiger charge is -2.32. The summed E-state index contributed by atoms with van der Waals surface area (Å²) in [5, 5.41) is 12.0. The zero-order valence-electron chi connectivity index (χ0n) is 13.5. The first-order valence-corrected chi connectivity index (χ1v) is 9.57. The molecule has 1 aliphatic carbocycles. The molecule has 2 aliphatic rings. The third-order valence-corrected chi connectivity index (χ3v) is 5.83. The van der Waals surface area contributed by atoms with Gasteiger partial charge in [-0.1, -0.05) is 30.3 Å². The molecule has 2 heterocycles. The van der Waals surface area contributed by atoms with Crippen molar-refractivity contribution in [2.75, 3.05) is 6.54 Å². The van der Waals surface area contributed by atoms with Crippen LogP contribution in [0.2, 0.25) is 0 Å². The number of carbonyl (C=O) groups is 1. The van der Waals surface area contributed by atoms with Crippen molar-refractivity contribution in [1.29, 1.82) is 0 Å². The molecule has 0 N–H and O–H groups in total. The number of rotatable bonds is 6. The van der Waals surface area contributed by atoms with Gasteiger partial charge < -0.3 is 4.90 Å². The van der Waals surface area contributed by atoms with Gasteiger partial charge in [0.25, 0.3) is 0 Å². The van der Waals surface area contributed by atoms with Crippen LogP contribution in [-0.4, -0.2) is 42.8 Å². The highest BCUT2D eigenvalue weighted by molar-refractivity contribution is 7.99. The topological polar surface area (TPSA) is 63.9 Å². The van der Waals surface area contributed by atoms with Crippen LogP contribution in [0.15, 0.2) is 30.3 Å². The Hall–Kier alpha value is -1.89. The largest absolute Gasteiger partial charge is 0.337 e. The molecule has 1 aliphatic heterocycles. The molecule has 2 fully saturated rings. The maximum atomic E-state index is 12.8. The number of piperidine rings is 1.